The number of nitrogens with two attached hydrogens (primary N) is 1. The summed E-state index contributed by atoms with van der Waals surface area (Å²) in [4.78, 5) is 17.8. The quantitative estimate of drug-likeness (QED) is 0.797. The molecule has 0 radical (unpaired) electrons. The van der Waals surface area contributed by atoms with E-state index >= 15 is 0 Å². The first-order chi connectivity index (χ1) is 11.7. The molecule has 1 aliphatic rings. The van der Waals surface area contributed by atoms with Crippen molar-refractivity contribution in [1.82, 2.24) is 34.4 Å². The van der Waals surface area contributed by atoms with Gasteiger partial charge in [-0.2, -0.15) is 5.10 Å². The minimum atomic E-state index is 0.153. The summed E-state index contributed by atoms with van der Waals surface area (Å²) in [6.07, 6.45) is 5.45. The van der Waals surface area contributed by atoms with E-state index in [1.807, 2.05) is 4.90 Å². The van der Waals surface area contributed by atoms with E-state index in [0.717, 1.165) is 44.1 Å². The van der Waals surface area contributed by atoms with Crippen LogP contribution in [0.3, 0.4) is 0 Å². The Morgan fingerprint density at radius 1 is 1.33 bits per heavy atom. The molecule has 0 aliphatic carbocycles. The minimum absolute atomic E-state index is 0.153. The number of amides is 1. The van der Waals surface area contributed by atoms with Crippen molar-refractivity contribution in [3.8, 4) is 0 Å². The third-order valence-electron chi connectivity index (χ3n) is 4.51. The van der Waals surface area contributed by atoms with Crippen LogP contribution in [0.5, 0.6) is 0 Å². The summed E-state index contributed by atoms with van der Waals surface area (Å²) >= 11 is 0. The number of likely N-dealkylation sites (tertiary alicyclic amines) is 1. The van der Waals surface area contributed by atoms with E-state index < -0.39 is 0 Å². The average molecular weight is 332 g/mol. The summed E-state index contributed by atoms with van der Waals surface area (Å²) in [7, 11) is 0. The van der Waals surface area contributed by atoms with Gasteiger partial charge in [-0.1, -0.05) is 0 Å². The van der Waals surface area contributed by atoms with Gasteiger partial charge in [0.25, 0.3) is 0 Å². The van der Waals surface area contributed by atoms with E-state index in [4.69, 9.17) is 5.73 Å². The molecule has 2 N–H and O–H groups in total. The Balaban J connectivity index is 1.67. The van der Waals surface area contributed by atoms with Gasteiger partial charge in [0.05, 0.1) is 0 Å². The highest BCUT2D eigenvalue weighted by atomic mass is 16.2. The highest BCUT2D eigenvalue weighted by Gasteiger charge is 2.27. The van der Waals surface area contributed by atoms with E-state index in [9.17, 15) is 4.79 Å². The number of carbonyl (C=O) groups excluding carboxylic acids is 1. The molecule has 9 nitrogen and oxygen atoms in total. The zero-order valence-corrected chi connectivity index (χ0v) is 14.0. The topological polar surface area (TPSA) is 108 Å². The van der Waals surface area contributed by atoms with Gasteiger partial charge in [0.1, 0.15) is 25.0 Å². The van der Waals surface area contributed by atoms with Crippen molar-refractivity contribution in [3.05, 3.63) is 24.3 Å². The summed E-state index contributed by atoms with van der Waals surface area (Å²) in [5.74, 6) is 2.39. The Kier molecular flexibility index (Phi) is 5.19. The molecule has 130 valence electrons. The lowest BCUT2D eigenvalue weighted by Gasteiger charge is -2.31. The van der Waals surface area contributed by atoms with Gasteiger partial charge in [0, 0.05) is 38.5 Å². The maximum Gasteiger partial charge on any atom is 0.223 e. The fourth-order valence-corrected chi connectivity index (χ4v) is 3.24. The van der Waals surface area contributed by atoms with Crippen LogP contribution >= 0.6 is 0 Å². The largest absolute Gasteiger partial charge is 0.343 e. The first-order valence-electron chi connectivity index (χ1n) is 8.45. The summed E-state index contributed by atoms with van der Waals surface area (Å²) < 4.78 is 3.90. The third kappa shape index (κ3) is 3.45. The third-order valence-corrected chi connectivity index (χ3v) is 4.51. The van der Waals surface area contributed by atoms with E-state index in [1.165, 1.54) is 6.33 Å². The molecule has 0 spiro atoms. The molecule has 1 saturated heterocycles. The molecular formula is C15H24N8O. The fraction of sp³-hybridized carbons (Fsp3) is 0.667. The number of aromatic nitrogens is 6. The Hall–Kier alpha value is -2.29. The first-order valence-corrected chi connectivity index (χ1v) is 8.45. The van der Waals surface area contributed by atoms with Crippen molar-refractivity contribution in [2.45, 2.75) is 45.2 Å². The number of nitrogens with zero attached hydrogens (tertiary/aromatic N) is 7. The highest BCUT2D eigenvalue weighted by molar-refractivity contribution is 5.76. The number of hydrogen-bond acceptors (Lipinski definition) is 6. The van der Waals surface area contributed by atoms with Crippen molar-refractivity contribution >= 4 is 5.91 Å². The zero-order valence-electron chi connectivity index (χ0n) is 14.0. The number of piperidine rings is 1. The highest BCUT2D eigenvalue weighted by Crippen LogP contribution is 2.27. The smallest absolute Gasteiger partial charge is 0.223 e. The minimum Gasteiger partial charge on any atom is -0.343 e. The SMILES string of the molecule is CCn1c(Cn2cncn2)nnc1C1CCN(C(=O)CCN)CC1. The Labute approximate surface area is 140 Å². The lowest BCUT2D eigenvalue weighted by atomic mass is 9.95. The first kappa shape index (κ1) is 16.6. The van der Waals surface area contributed by atoms with Crippen molar-refractivity contribution in [2.75, 3.05) is 19.6 Å². The summed E-state index contributed by atoms with van der Waals surface area (Å²) in [6, 6.07) is 0. The lowest BCUT2D eigenvalue weighted by Crippen LogP contribution is -2.39. The Morgan fingerprint density at radius 3 is 2.75 bits per heavy atom. The van der Waals surface area contributed by atoms with Crippen LogP contribution in [-0.2, 0) is 17.9 Å². The molecule has 0 saturated carbocycles. The van der Waals surface area contributed by atoms with Crippen LogP contribution in [0.15, 0.2) is 12.7 Å². The van der Waals surface area contributed by atoms with Gasteiger partial charge in [-0.3, -0.25) is 4.79 Å². The summed E-state index contributed by atoms with van der Waals surface area (Å²) in [5.41, 5.74) is 5.47. The van der Waals surface area contributed by atoms with Crippen LogP contribution in [-0.4, -0.2) is 60.0 Å². The van der Waals surface area contributed by atoms with Gasteiger partial charge < -0.3 is 15.2 Å². The molecular weight excluding hydrogens is 308 g/mol. The number of carbonyl (C=O) groups is 1. The Morgan fingerprint density at radius 2 is 2.12 bits per heavy atom. The molecule has 3 heterocycles. The molecule has 0 bridgehead atoms. The summed E-state index contributed by atoms with van der Waals surface area (Å²) in [5, 5.41) is 12.9. The molecule has 1 fully saturated rings. The molecule has 3 rings (SSSR count). The van der Waals surface area contributed by atoms with Crippen molar-refractivity contribution in [2.24, 2.45) is 5.73 Å². The van der Waals surface area contributed by atoms with Crippen LogP contribution in [0.4, 0.5) is 0 Å². The van der Waals surface area contributed by atoms with Crippen LogP contribution in [0.25, 0.3) is 0 Å². The standard InChI is InChI=1S/C15H24N8O/c1-2-23-13(9-22-11-17-10-18-22)19-20-15(23)12-4-7-21(8-5-12)14(24)3-6-16/h10-12H,2-9,16H2,1H3. The van der Waals surface area contributed by atoms with E-state index in [0.29, 0.717) is 25.4 Å². The van der Waals surface area contributed by atoms with Gasteiger partial charge in [0.2, 0.25) is 5.91 Å². The lowest BCUT2D eigenvalue weighted by molar-refractivity contribution is -0.132. The predicted octanol–water partition coefficient (Wildman–Crippen LogP) is -0.00740. The molecule has 2 aromatic rings. The van der Waals surface area contributed by atoms with E-state index in [-0.39, 0.29) is 5.91 Å². The van der Waals surface area contributed by atoms with Gasteiger partial charge in [-0.05, 0) is 19.8 Å². The Bertz CT molecular complexity index is 657. The second-order valence-corrected chi connectivity index (χ2v) is 6.01. The van der Waals surface area contributed by atoms with Crippen LogP contribution in [0, 0.1) is 0 Å². The van der Waals surface area contributed by atoms with Gasteiger partial charge in [0.15, 0.2) is 5.82 Å². The zero-order chi connectivity index (χ0) is 16.9. The van der Waals surface area contributed by atoms with E-state index in [2.05, 4.69) is 31.8 Å². The molecule has 0 atom stereocenters. The molecule has 0 aromatic carbocycles. The molecule has 1 aliphatic heterocycles. The molecule has 9 heteroatoms. The van der Waals surface area contributed by atoms with Gasteiger partial charge in [-0.25, -0.2) is 9.67 Å². The van der Waals surface area contributed by atoms with Crippen LogP contribution in [0.1, 0.15) is 43.8 Å². The normalized spacial score (nSPS) is 15.8. The number of rotatable bonds is 6. The van der Waals surface area contributed by atoms with Crippen LogP contribution < -0.4 is 5.73 Å². The molecule has 2 aromatic heterocycles. The maximum atomic E-state index is 11.9. The molecule has 24 heavy (non-hydrogen) atoms. The van der Waals surface area contributed by atoms with Crippen molar-refractivity contribution in [3.63, 3.8) is 0 Å². The second-order valence-electron chi connectivity index (χ2n) is 6.01. The summed E-state index contributed by atoms with van der Waals surface area (Å²) in [6.45, 7) is 5.41. The van der Waals surface area contributed by atoms with E-state index in [1.54, 1.807) is 11.0 Å². The van der Waals surface area contributed by atoms with Crippen LogP contribution in [0.2, 0.25) is 0 Å². The molecule has 1 amide bonds. The second kappa shape index (κ2) is 7.52. The van der Waals surface area contributed by atoms with Crippen molar-refractivity contribution < 1.29 is 4.79 Å². The van der Waals surface area contributed by atoms with Gasteiger partial charge in [-0.15, -0.1) is 10.2 Å². The van der Waals surface area contributed by atoms with Gasteiger partial charge >= 0.3 is 0 Å². The molecule has 0 unspecified atom stereocenters. The van der Waals surface area contributed by atoms with Crippen molar-refractivity contribution in [1.29, 1.82) is 0 Å². The monoisotopic (exact) mass is 332 g/mol. The average Bonchev–Trinajstić information content (AvgIpc) is 3.25. The fourth-order valence-electron chi connectivity index (χ4n) is 3.24. The number of hydrogen-bond donors (Lipinski definition) is 1. The maximum absolute atomic E-state index is 11.9. The predicted molar refractivity (Wildman–Crippen MR) is 87.0 cm³/mol.